The highest BCUT2D eigenvalue weighted by Gasteiger charge is 2.19. The van der Waals surface area contributed by atoms with Gasteiger partial charge in [0.1, 0.15) is 11.9 Å². The van der Waals surface area contributed by atoms with Crippen molar-refractivity contribution in [3.8, 4) is 17.6 Å². The summed E-state index contributed by atoms with van der Waals surface area (Å²) < 4.78 is 4.98. The Morgan fingerprint density at radius 2 is 2.20 bits per heavy atom. The number of para-hydroxylation sites is 2. The Kier molecular flexibility index (Phi) is 4.05. The summed E-state index contributed by atoms with van der Waals surface area (Å²) in [6, 6.07) is 11.5. The molecule has 0 aliphatic heterocycles. The lowest BCUT2D eigenvalue weighted by Gasteiger charge is -2.05. The fraction of sp³-hybridized carbons (Fsp3) is 0.0588. The molecular formula is C17H12N4O4. The lowest BCUT2D eigenvalue weighted by Crippen LogP contribution is -1.95. The average Bonchev–Trinajstić information content (AvgIpc) is 3.04. The van der Waals surface area contributed by atoms with E-state index in [0.29, 0.717) is 11.3 Å². The number of nitrogens with zero attached hydrogens (tertiary/aromatic N) is 3. The number of ether oxygens (including phenoxy) is 1. The first-order valence-electron chi connectivity index (χ1n) is 7.15. The van der Waals surface area contributed by atoms with Crippen molar-refractivity contribution in [2.75, 3.05) is 7.11 Å². The van der Waals surface area contributed by atoms with Crippen LogP contribution in [0.15, 0.2) is 36.4 Å². The van der Waals surface area contributed by atoms with Crippen LogP contribution < -0.4 is 4.74 Å². The molecule has 1 heterocycles. The first kappa shape index (κ1) is 16.0. The first-order chi connectivity index (χ1) is 12.0. The normalized spacial score (nSPS) is 11.3. The summed E-state index contributed by atoms with van der Waals surface area (Å²) in [7, 11) is 1.33. The number of aromatic nitrogens is 2. The maximum Gasteiger partial charge on any atom is 0.280 e. The highest BCUT2D eigenvalue weighted by Crippen LogP contribution is 2.35. The summed E-state index contributed by atoms with van der Waals surface area (Å²) in [5.74, 6) is 0.0115. The van der Waals surface area contributed by atoms with Crippen LogP contribution in [0, 0.1) is 21.4 Å². The fourth-order valence-corrected chi connectivity index (χ4v) is 2.40. The van der Waals surface area contributed by atoms with Crippen molar-refractivity contribution in [1.29, 1.82) is 5.26 Å². The largest absolute Gasteiger partial charge is 0.504 e. The molecule has 0 aliphatic rings. The number of phenols is 1. The van der Waals surface area contributed by atoms with Gasteiger partial charge in [0, 0.05) is 0 Å². The molecule has 0 atom stereocenters. The summed E-state index contributed by atoms with van der Waals surface area (Å²) in [6.45, 7) is 0. The van der Waals surface area contributed by atoms with Crippen molar-refractivity contribution >= 4 is 28.4 Å². The van der Waals surface area contributed by atoms with E-state index in [2.05, 4.69) is 9.97 Å². The number of nitrogens with one attached hydrogen (secondary N) is 1. The summed E-state index contributed by atoms with van der Waals surface area (Å²) in [4.78, 5) is 17.9. The van der Waals surface area contributed by atoms with Gasteiger partial charge >= 0.3 is 0 Å². The number of allylic oxidation sites excluding steroid dienone is 1. The molecule has 3 aromatic rings. The van der Waals surface area contributed by atoms with E-state index < -0.39 is 4.92 Å². The van der Waals surface area contributed by atoms with E-state index in [9.17, 15) is 20.5 Å². The van der Waals surface area contributed by atoms with Crippen LogP contribution in [0.4, 0.5) is 5.69 Å². The van der Waals surface area contributed by atoms with Crippen LogP contribution in [0.25, 0.3) is 22.7 Å². The number of nitro benzene ring substituents is 1. The minimum absolute atomic E-state index is 0.0683. The summed E-state index contributed by atoms with van der Waals surface area (Å²) in [5.41, 5.74) is 1.32. The van der Waals surface area contributed by atoms with Gasteiger partial charge in [-0.3, -0.25) is 10.1 Å². The predicted molar refractivity (Wildman–Crippen MR) is 90.9 cm³/mol. The van der Waals surface area contributed by atoms with E-state index in [4.69, 9.17) is 4.74 Å². The van der Waals surface area contributed by atoms with Crippen LogP contribution in [-0.2, 0) is 0 Å². The van der Waals surface area contributed by atoms with Crippen molar-refractivity contribution < 1.29 is 14.8 Å². The third kappa shape index (κ3) is 2.98. The molecule has 0 bridgehead atoms. The molecule has 2 aromatic carbocycles. The van der Waals surface area contributed by atoms with Crippen LogP contribution in [-0.4, -0.2) is 27.1 Å². The standard InChI is InChI=1S/C17H12N4O4/c1-25-16-7-10(14(21(23)24)8-15(16)22)6-11(9-18)17-19-12-4-2-3-5-13(12)20-17/h2-8,22H,1H3,(H,19,20)/b11-6-. The van der Waals surface area contributed by atoms with Crippen LogP contribution >= 0.6 is 0 Å². The Morgan fingerprint density at radius 1 is 1.44 bits per heavy atom. The van der Waals surface area contributed by atoms with Gasteiger partial charge in [0.15, 0.2) is 11.5 Å². The number of nitriles is 1. The molecule has 0 spiro atoms. The van der Waals surface area contributed by atoms with Gasteiger partial charge in [0.2, 0.25) is 0 Å². The van der Waals surface area contributed by atoms with E-state index in [1.54, 1.807) is 6.07 Å². The SMILES string of the molecule is COc1cc(/C=C(/C#N)c2nc3ccccc3[nH]2)c([N+](=O)[O-])cc1O. The van der Waals surface area contributed by atoms with Crippen molar-refractivity contribution in [2.24, 2.45) is 0 Å². The summed E-state index contributed by atoms with van der Waals surface area (Å²) in [5, 5.41) is 30.4. The van der Waals surface area contributed by atoms with E-state index in [0.717, 1.165) is 11.6 Å². The van der Waals surface area contributed by atoms with Crippen molar-refractivity contribution in [3.05, 3.63) is 57.9 Å². The van der Waals surface area contributed by atoms with Crippen LogP contribution in [0.5, 0.6) is 11.5 Å². The summed E-state index contributed by atoms with van der Waals surface area (Å²) in [6.07, 6.45) is 1.33. The number of nitro groups is 1. The molecule has 0 aliphatic carbocycles. The van der Waals surface area contributed by atoms with Gasteiger partial charge in [-0.25, -0.2) is 4.98 Å². The molecule has 0 saturated carbocycles. The number of aromatic hydroxyl groups is 1. The quantitative estimate of drug-likeness (QED) is 0.428. The molecule has 0 amide bonds. The zero-order valence-corrected chi connectivity index (χ0v) is 13.1. The van der Waals surface area contributed by atoms with Gasteiger partial charge in [-0.2, -0.15) is 5.26 Å². The van der Waals surface area contributed by atoms with Crippen LogP contribution in [0.3, 0.4) is 0 Å². The molecule has 2 N–H and O–H groups in total. The topological polar surface area (TPSA) is 125 Å². The number of imidazole rings is 1. The molecule has 0 saturated heterocycles. The van der Waals surface area contributed by atoms with Crippen molar-refractivity contribution in [1.82, 2.24) is 9.97 Å². The first-order valence-corrected chi connectivity index (χ1v) is 7.15. The minimum Gasteiger partial charge on any atom is -0.504 e. The molecule has 1 aromatic heterocycles. The molecule has 3 rings (SSSR count). The molecule has 0 radical (unpaired) electrons. The Hall–Kier alpha value is -3.86. The van der Waals surface area contributed by atoms with Crippen molar-refractivity contribution in [2.45, 2.75) is 0 Å². The lowest BCUT2D eigenvalue weighted by molar-refractivity contribution is -0.385. The maximum absolute atomic E-state index is 11.2. The van der Waals surface area contributed by atoms with E-state index in [1.165, 1.54) is 19.3 Å². The zero-order valence-electron chi connectivity index (χ0n) is 13.1. The highest BCUT2D eigenvalue weighted by atomic mass is 16.6. The Labute approximate surface area is 141 Å². The van der Waals surface area contributed by atoms with Gasteiger partial charge < -0.3 is 14.8 Å². The van der Waals surface area contributed by atoms with E-state index in [-0.39, 0.29) is 28.3 Å². The smallest absolute Gasteiger partial charge is 0.280 e. The number of methoxy groups -OCH3 is 1. The molecular weight excluding hydrogens is 324 g/mol. The minimum atomic E-state index is -0.640. The van der Waals surface area contributed by atoms with Gasteiger partial charge in [-0.1, -0.05) is 12.1 Å². The monoisotopic (exact) mass is 336 g/mol. The highest BCUT2D eigenvalue weighted by molar-refractivity contribution is 5.92. The van der Waals surface area contributed by atoms with Gasteiger partial charge in [0.05, 0.1) is 40.3 Å². The molecule has 124 valence electrons. The zero-order chi connectivity index (χ0) is 18.0. The molecule has 8 heteroatoms. The second kappa shape index (κ2) is 6.33. The Balaban J connectivity index is 2.17. The van der Waals surface area contributed by atoms with Crippen LogP contribution in [0.1, 0.15) is 11.4 Å². The van der Waals surface area contributed by atoms with Crippen LogP contribution in [0.2, 0.25) is 0 Å². The molecule has 8 nitrogen and oxygen atoms in total. The second-order valence-electron chi connectivity index (χ2n) is 5.11. The van der Waals surface area contributed by atoms with Gasteiger partial charge in [0.25, 0.3) is 5.69 Å². The van der Waals surface area contributed by atoms with E-state index >= 15 is 0 Å². The number of fused-ring (bicyclic) bond motifs is 1. The Morgan fingerprint density at radius 3 is 2.84 bits per heavy atom. The maximum atomic E-state index is 11.2. The molecule has 25 heavy (non-hydrogen) atoms. The fourth-order valence-electron chi connectivity index (χ4n) is 2.40. The molecule has 0 unspecified atom stereocenters. The number of aromatic amines is 1. The number of rotatable bonds is 4. The number of phenolic OH excluding ortho intramolecular Hbond substituents is 1. The van der Waals surface area contributed by atoms with E-state index in [1.807, 2.05) is 24.3 Å². The number of benzene rings is 2. The van der Waals surface area contributed by atoms with Crippen molar-refractivity contribution in [3.63, 3.8) is 0 Å². The third-order valence-corrected chi connectivity index (χ3v) is 3.59. The molecule has 0 fully saturated rings. The number of hydrogen-bond acceptors (Lipinski definition) is 6. The third-order valence-electron chi connectivity index (χ3n) is 3.59. The second-order valence-corrected chi connectivity index (χ2v) is 5.11. The number of hydrogen-bond donors (Lipinski definition) is 2. The average molecular weight is 336 g/mol. The van der Waals surface area contributed by atoms with Gasteiger partial charge in [-0.05, 0) is 24.3 Å². The van der Waals surface area contributed by atoms with Gasteiger partial charge in [-0.15, -0.1) is 0 Å². The predicted octanol–water partition coefficient (Wildman–Crippen LogP) is 3.25. The summed E-state index contributed by atoms with van der Waals surface area (Å²) >= 11 is 0. The Bertz CT molecular complexity index is 1010. The number of H-pyrrole nitrogens is 1. The lowest BCUT2D eigenvalue weighted by atomic mass is 10.1.